The number of amides is 2. The van der Waals surface area contributed by atoms with Gasteiger partial charge in [0.2, 0.25) is 5.91 Å². The number of β-lactam (4-membered cyclic amide) rings is 1. The summed E-state index contributed by atoms with van der Waals surface area (Å²) in [5, 5.41) is 12.4. The van der Waals surface area contributed by atoms with Crippen molar-refractivity contribution in [2.75, 3.05) is 13.7 Å². The van der Waals surface area contributed by atoms with Gasteiger partial charge in [0, 0.05) is 21.9 Å². The summed E-state index contributed by atoms with van der Waals surface area (Å²) in [6, 6.07) is 13.6. The molecule has 1 saturated heterocycles. The smallest absolute Gasteiger partial charge is 0.352 e. The Labute approximate surface area is 223 Å². The first kappa shape index (κ1) is 25.6. The molecule has 2 N–H and O–H groups in total. The summed E-state index contributed by atoms with van der Waals surface area (Å²) in [6.45, 7) is -0.0111. The number of carbonyl (C=O) groups excluding carboxylic acids is 3. The lowest BCUT2D eigenvalue weighted by Crippen LogP contribution is -2.71. The zero-order valence-electron chi connectivity index (χ0n) is 20.6. The topological polar surface area (TPSA) is 122 Å². The molecule has 196 valence electrons. The lowest BCUT2D eigenvalue weighted by Gasteiger charge is -2.51. The Morgan fingerprint density at radius 3 is 2.63 bits per heavy atom. The van der Waals surface area contributed by atoms with E-state index in [2.05, 4.69) is 5.32 Å². The van der Waals surface area contributed by atoms with Crippen molar-refractivity contribution in [1.82, 2.24) is 10.2 Å². The molecule has 2 amide bonds. The number of carboxylic acid groups (broad SMARTS) is 1. The first-order valence-corrected chi connectivity index (χ1v) is 13.0. The summed E-state index contributed by atoms with van der Waals surface area (Å²) in [5.74, 6) is -0.961. The number of carboxylic acids is 1. The Bertz CT molecular complexity index is 1350. The fourth-order valence-electron chi connectivity index (χ4n) is 4.81. The van der Waals surface area contributed by atoms with Gasteiger partial charge in [-0.05, 0) is 42.7 Å². The van der Waals surface area contributed by atoms with E-state index in [0.29, 0.717) is 28.9 Å². The van der Waals surface area contributed by atoms with Gasteiger partial charge in [0.15, 0.2) is 0 Å². The van der Waals surface area contributed by atoms with Crippen molar-refractivity contribution >= 4 is 41.9 Å². The van der Waals surface area contributed by atoms with Gasteiger partial charge in [-0.25, -0.2) is 4.79 Å². The fourth-order valence-corrected chi connectivity index (χ4v) is 6.54. The van der Waals surface area contributed by atoms with Crippen LogP contribution in [0, 0.1) is 0 Å². The van der Waals surface area contributed by atoms with Crippen molar-refractivity contribution in [3.63, 3.8) is 0 Å². The maximum Gasteiger partial charge on any atom is 0.352 e. The molecule has 2 aromatic carbocycles. The maximum absolute atomic E-state index is 13.1. The quantitative estimate of drug-likeness (QED) is 0.271. The van der Waals surface area contributed by atoms with Crippen molar-refractivity contribution in [3.8, 4) is 11.5 Å². The summed E-state index contributed by atoms with van der Waals surface area (Å²) >= 11 is 1.52. The van der Waals surface area contributed by atoms with Crippen LogP contribution < -0.4 is 14.8 Å². The molecule has 1 saturated carbocycles. The van der Waals surface area contributed by atoms with Crippen LogP contribution in [0.15, 0.2) is 65.9 Å². The third kappa shape index (κ3) is 4.79. The van der Waals surface area contributed by atoms with Crippen LogP contribution in [-0.4, -0.2) is 64.0 Å². The first-order chi connectivity index (χ1) is 18.4. The molecule has 1 aliphatic carbocycles. The molecule has 9 nitrogen and oxygen atoms in total. The van der Waals surface area contributed by atoms with Gasteiger partial charge in [0.05, 0.1) is 13.5 Å². The number of aldehydes is 1. The van der Waals surface area contributed by atoms with Crippen molar-refractivity contribution in [1.29, 1.82) is 0 Å². The highest BCUT2D eigenvalue weighted by Crippen LogP contribution is 2.62. The van der Waals surface area contributed by atoms with Crippen molar-refractivity contribution < 1.29 is 33.8 Å². The number of nitrogens with zero attached hydrogens (tertiary/aromatic N) is 1. The van der Waals surface area contributed by atoms with E-state index in [0.717, 1.165) is 18.4 Å². The normalized spacial score (nSPS) is 21.1. The van der Waals surface area contributed by atoms with Gasteiger partial charge in [0.25, 0.3) is 5.91 Å². The summed E-state index contributed by atoms with van der Waals surface area (Å²) in [4.78, 5) is 50.0. The van der Waals surface area contributed by atoms with Crippen LogP contribution in [0.3, 0.4) is 0 Å². The minimum atomic E-state index is -1.20. The van der Waals surface area contributed by atoms with Gasteiger partial charge in [-0.3, -0.25) is 19.3 Å². The molecule has 2 atom stereocenters. The Balaban J connectivity index is 1.34. The van der Waals surface area contributed by atoms with E-state index in [1.807, 2.05) is 30.3 Å². The molecular formula is C28H26N2O7S. The number of hydrogen-bond donors (Lipinski definition) is 2. The van der Waals surface area contributed by atoms with E-state index in [9.17, 15) is 24.3 Å². The SMILES string of the molecule is COc1cc(OCC2=C(C(=O)O)N3C(=O)C(NC(=O)Cc4ccccc4)C3SC23CC3)ccc1/C=C\C=O. The van der Waals surface area contributed by atoms with Crippen LogP contribution in [0.25, 0.3) is 6.08 Å². The van der Waals surface area contributed by atoms with Crippen LogP contribution in [-0.2, 0) is 25.6 Å². The Morgan fingerprint density at radius 1 is 1.21 bits per heavy atom. The number of aliphatic carboxylic acids is 1. The largest absolute Gasteiger partial charge is 0.496 e. The van der Waals surface area contributed by atoms with E-state index in [-0.39, 0.29) is 24.6 Å². The minimum Gasteiger partial charge on any atom is -0.496 e. The molecule has 10 heteroatoms. The number of hydrogen-bond acceptors (Lipinski definition) is 7. The second kappa shape index (κ2) is 10.4. The van der Waals surface area contributed by atoms with Gasteiger partial charge < -0.3 is 19.9 Å². The molecule has 0 radical (unpaired) electrons. The Morgan fingerprint density at radius 2 is 1.97 bits per heavy atom. The molecule has 2 fully saturated rings. The number of ether oxygens (including phenoxy) is 2. The second-order valence-corrected chi connectivity index (χ2v) is 10.7. The van der Waals surface area contributed by atoms with E-state index in [1.54, 1.807) is 24.3 Å². The molecule has 2 aliphatic heterocycles. The van der Waals surface area contributed by atoms with Crippen LogP contribution >= 0.6 is 11.8 Å². The van der Waals surface area contributed by atoms with Crippen molar-refractivity contribution in [2.24, 2.45) is 0 Å². The molecule has 0 aromatic heterocycles. The summed E-state index contributed by atoms with van der Waals surface area (Å²) in [6.07, 6.45) is 5.30. The third-order valence-electron chi connectivity index (χ3n) is 6.84. The molecular weight excluding hydrogens is 508 g/mol. The highest BCUT2D eigenvalue weighted by molar-refractivity contribution is 8.02. The van der Waals surface area contributed by atoms with Gasteiger partial charge in [-0.15, -0.1) is 11.8 Å². The average Bonchev–Trinajstić information content (AvgIpc) is 3.69. The van der Waals surface area contributed by atoms with E-state index in [4.69, 9.17) is 9.47 Å². The third-order valence-corrected chi connectivity index (χ3v) is 8.67. The molecule has 5 rings (SSSR count). The molecule has 38 heavy (non-hydrogen) atoms. The molecule has 1 spiro atoms. The van der Waals surface area contributed by atoms with E-state index in [1.165, 1.54) is 29.8 Å². The average molecular weight is 535 g/mol. The number of carbonyl (C=O) groups is 4. The monoisotopic (exact) mass is 534 g/mol. The van der Waals surface area contributed by atoms with Gasteiger partial charge in [-0.1, -0.05) is 30.3 Å². The highest BCUT2D eigenvalue weighted by Gasteiger charge is 2.63. The molecule has 2 heterocycles. The van der Waals surface area contributed by atoms with Crippen LogP contribution in [0.1, 0.15) is 24.0 Å². The number of fused-ring (bicyclic) bond motifs is 1. The summed E-state index contributed by atoms with van der Waals surface area (Å²) in [5.41, 5.74) is 2.01. The minimum absolute atomic E-state index is 0.0111. The lowest BCUT2D eigenvalue weighted by atomic mass is 9.99. The van der Waals surface area contributed by atoms with Gasteiger partial charge in [0.1, 0.15) is 41.5 Å². The molecule has 0 bridgehead atoms. The number of nitrogens with one attached hydrogen (secondary N) is 1. The zero-order chi connectivity index (χ0) is 26.9. The first-order valence-electron chi connectivity index (χ1n) is 12.1. The van der Waals surface area contributed by atoms with E-state index < -0.39 is 28.0 Å². The highest BCUT2D eigenvalue weighted by atomic mass is 32.2. The van der Waals surface area contributed by atoms with Crippen molar-refractivity contribution in [3.05, 3.63) is 77.0 Å². The second-order valence-electron chi connectivity index (χ2n) is 9.24. The Kier molecular flexibility index (Phi) is 6.98. The number of thioether (sulfide) groups is 1. The van der Waals surface area contributed by atoms with Gasteiger partial charge >= 0.3 is 5.97 Å². The zero-order valence-corrected chi connectivity index (χ0v) is 21.4. The van der Waals surface area contributed by atoms with Crippen molar-refractivity contribution in [2.45, 2.75) is 35.4 Å². The predicted molar refractivity (Wildman–Crippen MR) is 141 cm³/mol. The van der Waals surface area contributed by atoms with E-state index >= 15 is 0 Å². The lowest BCUT2D eigenvalue weighted by molar-refractivity contribution is -0.150. The Hall–Kier alpha value is -4.05. The number of rotatable bonds is 10. The summed E-state index contributed by atoms with van der Waals surface area (Å²) < 4.78 is 10.9. The van der Waals surface area contributed by atoms with Gasteiger partial charge in [-0.2, -0.15) is 0 Å². The molecule has 2 unspecified atom stereocenters. The number of methoxy groups -OCH3 is 1. The number of benzene rings is 2. The van der Waals surface area contributed by atoms with Crippen LogP contribution in [0.4, 0.5) is 0 Å². The van der Waals surface area contributed by atoms with Crippen LogP contribution in [0.2, 0.25) is 0 Å². The fraction of sp³-hybridized carbons (Fsp3) is 0.286. The molecule has 3 aliphatic rings. The maximum atomic E-state index is 13.1. The predicted octanol–water partition coefficient (Wildman–Crippen LogP) is 2.80. The molecule has 2 aromatic rings. The van der Waals surface area contributed by atoms with Crippen LogP contribution in [0.5, 0.6) is 11.5 Å². The standard InChI is InChI=1S/C28H26N2O7S/c1-36-21-15-19(10-9-18(21)8-5-13-31)37-16-20-24(27(34)35)30-25(33)23(26(30)38-28(20)11-12-28)29-22(32)14-17-6-3-2-4-7-17/h2-10,13,15,23,26H,11-12,14,16H2,1H3,(H,29,32)(H,34,35)/b8-5-. The summed E-state index contributed by atoms with van der Waals surface area (Å²) in [7, 11) is 1.50. The number of allylic oxidation sites excluding steroid dienone is 1.